The van der Waals surface area contributed by atoms with Crippen molar-refractivity contribution in [2.75, 3.05) is 6.61 Å². The Morgan fingerprint density at radius 2 is 2.11 bits per heavy atom. The maximum atomic E-state index is 11.7. The van der Waals surface area contributed by atoms with Crippen LogP contribution in [0.25, 0.3) is 6.08 Å². The maximum Gasteiger partial charge on any atom is 0.291 e. The van der Waals surface area contributed by atoms with E-state index in [2.05, 4.69) is 0 Å². The first-order valence-corrected chi connectivity index (χ1v) is 7.00. The molecule has 5 nitrogen and oxygen atoms in total. The number of fused-ring (bicyclic) bond motifs is 1. The van der Waals surface area contributed by atoms with Gasteiger partial charge >= 0.3 is 0 Å². The number of hydrogen-bond donors (Lipinski definition) is 2. The minimum Gasteiger partial charge on any atom is -0.371 e. The fraction of sp³-hybridized carbons (Fsp3) is 0.333. The van der Waals surface area contributed by atoms with Crippen molar-refractivity contribution in [3.05, 3.63) is 41.5 Å². The van der Waals surface area contributed by atoms with Gasteiger partial charge < -0.3 is 10.5 Å². The van der Waals surface area contributed by atoms with Gasteiger partial charge in [0.2, 0.25) is 4.87 Å². The molecule has 6 heteroatoms. The summed E-state index contributed by atoms with van der Waals surface area (Å²) in [4.78, 5) is -1.96. The molecule has 1 aromatic rings. The van der Waals surface area contributed by atoms with E-state index in [9.17, 15) is 13.0 Å². The zero-order chi connectivity index (χ0) is 13.4. The normalized spacial score (nSPS) is 26.9. The molecule has 0 amide bonds. The van der Waals surface area contributed by atoms with Gasteiger partial charge in [-0.25, -0.2) is 0 Å². The zero-order valence-electron chi connectivity index (χ0n) is 9.91. The lowest BCUT2D eigenvalue weighted by Gasteiger charge is -2.36. The van der Waals surface area contributed by atoms with Crippen molar-refractivity contribution < 1.29 is 17.7 Å². The molecule has 2 rings (SSSR count). The first kappa shape index (κ1) is 13.2. The van der Waals surface area contributed by atoms with E-state index in [0.29, 0.717) is 17.7 Å². The number of nitrogens with two attached hydrogens (primary N) is 1. The molecule has 0 spiro atoms. The molecule has 2 atom stereocenters. The molecule has 0 saturated carbocycles. The minimum atomic E-state index is -4.51. The van der Waals surface area contributed by atoms with Crippen LogP contribution in [0.15, 0.2) is 30.3 Å². The number of hydrogen-bond acceptors (Lipinski definition) is 4. The quantitative estimate of drug-likeness (QED) is 0.802. The number of rotatable bonds is 3. The van der Waals surface area contributed by atoms with Gasteiger partial charge in [0.25, 0.3) is 10.1 Å². The summed E-state index contributed by atoms with van der Waals surface area (Å²) in [6.07, 6.45) is 2.39. The van der Waals surface area contributed by atoms with E-state index in [1.165, 1.54) is 0 Å². The minimum absolute atomic E-state index is 0.297. The average Bonchev–Trinajstić information content (AvgIpc) is 2.32. The second kappa shape index (κ2) is 4.47. The van der Waals surface area contributed by atoms with Gasteiger partial charge in [-0.3, -0.25) is 4.55 Å². The number of benzene rings is 1. The molecule has 0 bridgehead atoms. The van der Waals surface area contributed by atoms with Gasteiger partial charge in [-0.2, -0.15) is 8.42 Å². The van der Waals surface area contributed by atoms with Crippen molar-refractivity contribution in [2.24, 2.45) is 5.73 Å². The van der Waals surface area contributed by atoms with Gasteiger partial charge in [0.1, 0.15) is 6.10 Å². The summed E-state index contributed by atoms with van der Waals surface area (Å²) in [7, 11) is -4.51. The standard InChI is InChI=1S/C12H15NO4S/c1-2-17-11-8-7-9-5-3-4-6-10(9)12(11,13)18(14,15)16/h3-8,11H,2,13H2,1H3,(H,14,15,16). The van der Waals surface area contributed by atoms with Crippen LogP contribution < -0.4 is 5.73 Å². The van der Waals surface area contributed by atoms with Crippen LogP contribution in [0.5, 0.6) is 0 Å². The van der Waals surface area contributed by atoms with Gasteiger partial charge in [0.05, 0.1) is 0 Å². The summed E-state index contributed by atoms with van der Waals surface area (Å²) in [5, 5.41) is 0. The van der Waals surface area contributed by atoms with E-state index in [4.69, 9.17) is 10.5 Å². The summed E-state index contributed by atoms with van der Waals surface area (Å²) >= 11 is 0. The highest BCUT2D eigenvalue weighted by Gasteiger charge is 2.50. The van der Waals surface area contributed by atoms with Crippen molar-refractivity contribution >= 4 is 16.2 Å². The summed E-state index contributed by atoms with van der Waals surface area (Å²) < 4.78 is 38.2. The van der Waals surface area contributed by atoms with Gasteiger partial charge in [0, 0.05) is 6.61 Å². The predicted octanol–water partition coefficient (Wildman–Crippen LogP) is 1.12. The number of ether oxygens (including phenoxy) is 1. The summed E-state index contributed by atoms with van der Waals surface area (Å²) in [6.45, 7) is 2.03. The largest absolute Gasteiger partial charge is 0.371 e. The first-order valence-electron chi connectivity index (χ1n) is 5.56. The Morgan fingerprint density at radius 3 is 2.72 bits per heavy atom. The highest BCUT2D eigenvalue weighted by Crippen LogP contribution is 2.37. The molecule has 1 aliphatic rings. The van der Waals surface area contributed by atoms with E-state index in [-0.39, 0.29) is 0 Å². The highest BCUT2D eigenvalue weighted by atomic mass is 32.2. The Kier molecular flexibility index (Phi) is 3.29. The Balaban J connectivity index is 2.67. The van der Waals surface area contributed by atoms with Crippen LogP contribution in [0.3, 0.4) is 0 Å². The van der Waals surface area contributed by atoms with Crippen molar-refractivity contribution in [3.8, 4) is 0 Å². The van der Waals surface area contributed by atoms with Gasteiger partial charge in [-0.05, 0) is 18.1 Å². The van der Waals surface area contributed by atoms with Gasteiger partial charge in [-0.15, -0.1) is 0 Å². The van der Waals surface area contributed by atoms with Crippen molar-refractivity contribution in [1.29, 1.82) is 0 Å². The molecule has 0 radical (unpaired) electrons. The second-order valence-electron chi connectivity index (χ2n) is 4.09. The van der Waals surface area contributed by atoms with E-state index in [1.807, 2.05) is 0 Å². The fourth-order valence-electron chi connectivity index (χ4n) is 2.13. The monoisotopic (exact) mass is 269 g/mol. The Hall–Kier alpha value is -1.21. The van der Waals surface area contributed by atoms with E-state index in [1.54, 1.807) is 43.3 Å². The maximum absolute atomic E-state index is 11.7. The molecule has 0 aromatic heterocycles. The second-order valence-corrected chi connectivity index (χ2v) is 5.72. The molecule has 3 N–H and O–H groups in total. The van der Waals surface area contributed by atoms with E-state index >= 15 is 0 Å². The lowest BCUT2D eigenvalue weighted by atomic mass is 9.90. The predicted molar refractivity (Wildman–Crippen MR) is 68.3 cm³/mol. The SMILES string of the molecule is CCOC1C=Cc2ccccc2C1(N)S(=O)(=O)O. The molecule has 98 valence electrons. The van der Waals surface area contributed by atoms with Crippen molar-refractivity contribution in [3.63, 3.8) is 0 Å². The summed E-state index contributed by atoms with van der Waals surface area (Å²) in [6, 6.07) is 6.77. The van der Waals surface area contributed by atoms with Crippen LogP contribution in [0.2, 0.25) is 0 Å². The van der Waals surface area contributed by atoms with Crippen LogP contribution in [0.1, 0.15) is 18.1 Å². The molecule has 1 aromatic carbocycles. The third kappa shape index (κ3) is 1.87. The van der Waals surface area contributed by atoms with Crippen LogP contribution in [-0.2, 0) is 19.7 Å². The Bertz CT molecular complexity index is 581. The average molecular weight is 269 g/mol. The van der Waals surface area contributed by atoms with Gasteiger partial charge in [0.15, 0.2) is 0 Å². The van der Waals surface area contributed by atoms with E-state index in [0.717, 1.165) is 0 Å². The summed E-state index contributed by atoms with van der Waals surface area (Å²) in [5.41, 5.74) is 6.97. The van der Waals surface area contributed by atoms with Crippen LogP contribution >= 0.6 is 0 Å². The fourth-order valence-corrected chi connectivity index (χ4v) is 3.03. The third-order valence-corrected chi connectivity index (χ3v) is 4.33. The summed E-state index contributed by atoms with van der Waals surface area (Å²) in [5.74, 6) is 0. The highest BCUT2D eigenvalue weighted by molar-refractivity contribution is 7.86. The lowest BCUT2D eigenvalue weighted by molar-refractivity contribution is 0.0609. The topological polar surface area (TPSA) is 89.6 Å². The molecule has 2 unspecified atom stereocenters. The molecule has 0 aliphatic heterocycles. The van der Waals surface area contributed by atoms with Crippen LogP contribution in [-0.4, -0.2) is 25.7 Å². The molecular formula is C12H15NO4S. The van der Waals surface area contributed by atoms with Gasteiger partial charge in [-0.1, -0.05) is 36.4 Å². The molecule has 18 heavy (non-hydrogen) atoms. The Labute approximate surface area is 106 Å². The molecule has 0 saturated heterocycles. The molecular weight excluding hydrogens is 254 g/mol. The smallest absolute Gasteiger partial charge is 0.291 e. The molecule has 0 heterocycles. The van der Waals surface area contributed by atoms with Crippen molar-refractivity contribution in [2.45, 2.75) is 17.9 Å². The lowest BCUT2D eigenvalue weighted by Crippen LogP contribution is -2.55. The Morgan fingerprint density at radius 1 is 1.44 bits per heavy atom. The molecule has 0 fully saturated rings. The molecule has 1 aliphatic carbocycles. The van der Waals surface area contributed by atoms with E-state index < -0.39 is 21.1 Å². The third-order valence-electron chi connectivity index (χ3n) is 3.03. The van der Waals surface area contributed by atoms with Crippen LogP contribution in [0, 0.1) is 0 Å². The first-order chi connectivity index (χ1) is 8.41. The zero-order valence-corrected chi connectivity index (χ0v) is 10.7. The van der Waals surface area contributed by atoms with Crippen molar-refractivity contribution in [1.82, 2.24) is 0 Å². The van der Waals surface area contributed by atoms with Crippen LogP contribution in [0.4, 0.5) is 0 Å².